The molecule has 0 aliphatic carbocycles. The van der Waals surface area contributed by atoms with Gasteiger partial charge in [-0.15, -0.1) is 0 Å². The Morgan fingerprint density at radius 3 is 2.00 bits per heavy atom. The Morgan fingerprint density at radius 2 is 1.38 bits per heavy atom. The molecule has 0 fully saturated rings. The zero-order valence-corrected chi connectivity index (χ0v) is 18.8. The third-order valence-corrected chi connectivity index (χ3v) is 5.69. The first-order chi connectivity index (χ1) is 15.5. The summed E-state index contributed by atoms with van der Waals surface area (Å²) in [4.78, 5) is 26.8. The van der Waals surface area contributed by atoms with Crippen LogP contribution in [0, 0.1) is 0 Å². The average Bonchev–Trinajstić information content (AvgIpc) is 2.83. The minimum Gasteiger partial charge on any atom is -0.478 e. The number of carboxylic acids is 1. The van der Waals surface area contributed by atoms with Crippen molar-refractivity contribution in [3.63, 3.8) is 0 Å². The fourth-order valence-electron chi connectivity index (χ4n) is 4.11. The highest BCUT2D eigenvalue weighted by atomic mass is 16.4. The maximum absolute atomic E-state index is 13.5. The molecule has 0 bridgehead atoms. The van der Waals surface area contributed by atoms with Gasteiger partial charge in [0.15, 0.2) is 0 Å². The Kier molecular flexibility index (Phi) is 8.20. The van der Waals surface area contributed by atoms with Crippen LogP contribution in [-0.2, 0) is 6.54 Å². The number of carboxylic acid groups (broad SMARTS) is 1. The van der Waals surface area contributed by atoms with E-state index in [1.54, 1.807) is 18.2 Å². The van der Waals surface area contributed by atoms with Gasteiger partial charge >= 0.3 is 5.97 Å². The molecule has 0 unspecified atom stereocenters. The molecule has 4 nitrogen and oxygen atoms in total. The van der Waals surface area contributed by atoms with Crippen molar-refractivity contribution in [1.29, 1.82) is 0 Å². The zero-order valence-electron chi connectivity index (χ0n) is 18.8. The highest BCUT2D eigenvalue weighted by Crippen LogP contribution is 2.25. The monoisotopic (exact) mass is 429 g/mol. The number of nitrogens with zero attached hydrogens (tertiary/aromatic N) is 1. The van der Waals surface area contributed by atoms with Crippen LogP contribution in [0.2, 0.25) is 0 Å². The lowest BCUT2D eigenvalue weighted by atomic mass is 9.99. The predicted molar refractivity (Wildman–Crippen MR) is 129 cm³/mol. The molecule has 4 heteroatoms. The molecule has 0 spiro atoms. The van der Waals surface area contributed by atoms with E-state index in [4.69, 9.17) is 0 Å². The second-order valence-electron chi connectivity index (χ2n) is 8.12. The fourth-order valence-corrected chi connectivity index (χ4v) is 4.11. The van der Waals surface area contributed by atoms with E-state index in [9.17, 15) is 14.7 Å². The highest BCUT2D eigenvalue weighted by Gasteiger charge is 2.24. The van der Waals surface area contributed by atoms with Crippen LogP contribution in [0.5, 0.6) is 0 Å². The second-order valence-corrected chi connectivity index (χ2v) is 8.12. The van der Waals surface area contributed by atoms with Crippen molar-refractivity contribution < 1.29 is 14.7 Å². The van der Waals surface area contributed by atoms with Crippen LogP contribution in [0.15, 0.2) is 78.9 Å². The number of hydrogen-bond donors (Lipinski definition) is 1. The molecule has 1 amide bonds. The number of carbonyl (C=O) groups excluding carboxylic acids is 1. The van der Waals surface area contributed by atoms with E-state index in [1.807, 2.05) is 59.5 Å². The summed E-state index contributed by atoms with van der Waals surface area (Å²) >= 11 is 0. The van der Waals surface area contributed by atoms with E-state index in [2.05, 4.69) is 19.9 Å². The van der Waals surface area contributed by atoms with Gasteiger partial charge in [0.2, 0.25) is 0 Å². The lowest BCUT2D eigenvalue weighted by Gasteiger charge is -2.32. The van der Waals surface area contributed by atoms with E-state index >= 15 is 0 Å². The molecule has 3 aromatic carbocycles. The van der Waals surface area contributed by atoms with Gasteiger partial charge < -0.3 is 10.0 Å². The van der Waals surface area contributed by atoms with Gasteiger partial charge in [-0.1, -0.05) is 75.2 Å². The minimum absolute atomic E-state index is 0.0516. The molecule has 32 heavy (non-hydrogen) atoms. The molecular formula is C28H31NO3. The van der Waals surface area contributed by atoms with E-state index in [1.165, 1.54) is 0 Å². The van der Waals surface area contributed by atoms with Crippen molar-refractivity contribution in [2.24, 2.45) is 0 Å². The average molecular weight is 430 g/mol. The second kappa shape index (κ2) is 11.3. The van der Waals surface area contributed by atoms with Crippen LogP contribution in [0.3, 0.4) is 0 Å². The van der Waals surface area contributed by atoms with E-state index < -0.39 is 5.97 Å². The van der Waals surface area contributed by atoms with Crippen molar-refractivity contribution in [2.45, 2.75) is 52.1 Å². The van der Waals surface area contributed by atoms with Gasteiger partial charge in [0.25, 0.3) is 5.91 Å². The maximum Gasteiger partial charge on any atom is 0.335 e. The van der Waals surface area contributed by atoms with Crippen LogP contribution in [-0.4, -0.2) is 27.9 Å². The van der Waals surface area contributed by atoms with Crippen LogP contribution >= 0.6 is 0 Å². The molecule has 0 saturated heterocycles. The summed E-state index contributed by atoms with van der Waals surface area (Å²) < 4.78 is 0. The molecule has 0 aromatic heterocycles. The van der Waals surface area contributed by atoms with Gasteiger partial charge in [0.05, 0.1) is 5.56 Å². The number of aromatic carboxylic acids is 1. The van der Waals surface area contributed by atoms with E-state index in [0.29, 0.717) is 12.1 Å². The number of amides is 1. The fraction of sp³-hybridized carbons (Fsp3) is 0.286. The summed E-state index contributed by atoms with van der Waals surface area (Å²) in [6.07, 6.45) is 3.97. The Bertz CT molecular complexity index is 1040. The van der Waals surface area contributed by atoms with E-state index in [0.717, 1.165) is 42.4 Å². The van der Waals surface area contributed by atoms with Gasteiger partial charge in [-0.25, -0.2) is 4.79 Å². The first-order valence-corrected chi connectivity index (χ1v) is 11.3. The van der Waals surface area contributed by atoms with Gasteiger partial charge in [-0.3, -0.25) is 4.79 Å². The SMILES string of the molecule is CCCC(CCC)N(Cc1cccc(-c2cccc(C(=O)O)c2)c1)C(=O)c1ccccc1. The summed E-state index contributed by atoms with van der Waals surface area (Å²) in [5, 5.41) is 9.32. The normalized spacial score (nSPS) is 10.8. The molecule has 0 aliphatic rings. The van der Waals surface area contributed by atoms with Crippen molar-refractivity contribution in [3.05, 3.63) is 95.6 Å². The summed E-state index contributed by atoms with van der Waals surface area (Å²) in [7, 11) is 0. The number of carbonyl (C=O) groups is 2. The highest BCUT2D eigenvalue weighted by molar-refractivity contribution is 5.94. The topological polar surface area (TPSA) is 57.6 Å². The lowest BCUT2D eigenvalue weighted by Crippen LogP contribution is -2.39. The van der Waals surface area contributed by atoms with Crippen molar-refractivity contribution in [3.8, 4) is 11.1 Å². The van der Waals surface area contributed by atoms with Crippen molar-refractivity contribution >= 4 is 11.9 Å². The van der Waals surface area contributed by atoms with E-state index in [-0.39, 0.29) is 17.5 Å². The Morgan fingerprint density at radius 1 is 0.781 bits per heavy atom. The van der Waals surface area contributed by atoms with Crippen LogP contribution in [0.4, 0.5) is 0 Å². The number of hydrogen-bond acceptors (Lipinski definition) is 2. The molecule has 0 atom stereocenters. The van der Waals surface area contributed by atoms with Gasteiger partial charge in [0.1, 0.15) is 0 Å². The molecular weight excluding hydrogens is 398 g/mol. The van der Waals surface area contributed by atoms with Crippen molar-refractivity contribution in [1.82, 2.24) is 4.90 Å². The maximum atomic E-state index is 13.5. The third kappa shape index (κ3) is 5.85. The smallest absolute Gasteiger partial charge is 0.335 e. The standard InChI is InChI=1S/C28H31NO3/c1-3-10-26(11-4-2)29(27(30)22-13-6-5-7-14-22)20-21-12-8-15-23(18-21)24-16-9-17-25(19-24)28(31)32/h5-9,12-19,26H,3-4,10-11,20H2,1-2H3,(H,31,32). The summed E-state index contributed by atoms with van der Waals surface area (Å²) in [5.74, 6) is -0.889. The zero-order chi connectivity index (χ0) is 22.9. The third-order valence-electron chi connectivity index (χ3n) is 5.69. The number of benzene rings is 3. The van der Waals surface area contributed by atoms with Crippen LogP contribution in [0.1, 0.15) is 65.8 Å². The quantitative estimate of drug-likeness (QED) is 0.392. The molecule has 0 radical (unpaired) electrons. The van der Waals surface area contributed by atoms with Crippen molar-refractivity contribution in [2.75, 3.05) is 0 Å². The molecule has 166 valence electrons. The summed E-state index contributed by atoms with van der Waals surface area (Å²) in [6, 6.07) is 24.6. The van der Waals surface area contributed by atoms with Gasteiger partial charge in [-0.05, 0) is 59.9 Å². The number of rotatable bonds is 10. The minimum atomic E-state index is -0.940. The molecule has 1 N–H and O–H groups in total. The van der Waals surface area contributed by atoms with Crippen LogP contribution in [0.25, 0.3) is 11.1 Å². The molecule has 3 rings (SSSR count). The lowest BCUT2D eigenvalue weighted by molar-refractivity contribution is 0.0636. The molecule has 0 aliphatic heterocycles. The Labute approximate surface area is 190 Å². The van der Waals surface area contributed by atoms with Gasteiger partial charge in [-0.2, -0.15) is 0 Å². The molecule has 0 saturated carbocycles. The van der Waals surface area contributed by atoms with Gasteiger partial charge in [0, 0.05) is 18.2 Å². The Hall–Kier alpha value is -3.40. The largest absolute Gasteiger partial charge is 0.478 e. The van der Waals surface area contributed by atoms with Crippen LogP contribution < -0.4 is 0 Å². The Balaban J connectivity index is 1.93. The molecule has 0 heterocycles. The first kappa shape index (κ1) is 23.3. The molecule has 3 aromatic rings. The summed E-state index contributed by atoms with van der Waals surface area (Å²) in [6.45, 7) is 4.83. The predicted octanol–water partition coefficient (Wildman–Crippen LogP) is 6.66. The summed E-state index contributed by atoms with van der Waals surface area (Å²) in [5.41, 5.74) is 3.80. The first-order valence-electron chi connectivity index (χ1n) is 11.3.